The first kappa shape index (κ1) is 11.4. The molecular formula is C9H19N3O2. The summed E-state index contributed by atoms with van der Waals surface area (Å²) >= 11 is 0. The maximum Gasteiger partial charge on any atom is 0.240 e. The van der Waals surface area contributed by atoms with Gasteiger partial charge in [0.25, 0.3) is 0 Å². The van der Waals surface area contributed by atoms with E-state index in [-0.39, 0.29) is 12.5 Å². The Morgan fingerprint density at radius 1 is 1.43 bits per heavy atom. The monoisotopic (exact) mass is 201 g/mol. The van der Waals surface area contributed by atoms with Crippen molar-refractivity contribution in [3.63, 3.8) is 0 Å². The number of nitrogens with one attached hydrogen (secondary N) is 1. The van der Waals surface area contributed by atoms with Crippen molar-refractivity contribution in [2.75, 3.05) is 26.4 Å². The fraction of sp³-hybridized carbons (Fsp3) is 0.889. The summed E-state index contributed by atoms with van der Waals surface area (Å²) in [5.41, 5.74) is 5.35. The zero-order valence-corrected chi connectivity index (χ0v) is 8.41. The Bertz CT molecular complexity index is 181. The lowest BCUT2D eigenvalue weighted by atomic mass is 10.1. The van der Waals surface area contributed by atoms with Crippen LogP contribution in [0, 0.1) is 0 Å². The maximum absolute atomic E-state index is 11.2. The highest BCUT2D eigenvalue weighted by molar-refractivity contribution is 5.81. The average molecular weight is 201 g/mol. The third kappa shape index (κ3) is 3.61. The first-order chi connectivity index (χ1) is 6.74. The maximum atomic E-state index is 11.2. The molecule has 4 N–H and O–H groups in total. The Balaban J connectivity index is 2.15. The van der Waals surface area contributed by atoms with Gasteiger partial charge < -0.3 is 16.2 Å². The number of nitrogens with two attached hydrogens (primary N) is 1. The molecule has 0 bridgehead atoms. The number of nitrogens with zero attached hydrogens (tertiary/aromatic N) is 1. The number of carbonyl (C=O) groups excluding carboxylic acids is 1. The highest BCUT2D eigenvalue weighted by atomic mass is 16.3. The van der Waals surface area contributed by atoms with Crippen LogP contribution >= 0.6 is 0 Å². The molecule has 0 unspecified atom stereocenters. The van der Waals surface area contributed by atoms with E-state index < -0.39 is 6.04 Å². The molecule has 82 valence electrons. The van der Waals surface area contributed by atoms with Crippen molar-refractivity contribution in [3.8, 4) is 0 Å². The number of hydrogen-bond acceptors (Lipinski definition) is 4. The Hall–Kier alpha value is -0.650. The lowest BCUT2D eigenvalue weighted by Gasteiger charge is -2.26. The largest absolute Gasteiger partial charge is 0.394 e. The summed E-state index contributed by atoms with van der Waals surface area (Å²) in [5.74, 6) is -0.280. The predicted molar refractivity (Wildman–Crippen MR) is 53.5 cm³/mol. The minimum atomic E-state index is -0.792. The van der Waals surface area contributed by atoms with Crippen molar-refractivity contribution in [3.05, 3.63) is 0 Å². The summed E-state index contributed by atoms with van der Waals surface area (Å²) in [6.45, 7) is 2.32. The summed E-state index contributed by atoms with van der Waals surface area (Å²) in [4.78, 5) is 13.4. The van der Waals surface area contributed by atoms with Gasteiger partial charge in [-0.2, -0.15) is 0 Å². The Labute approximate surface area is 84.3 Å². The summed E-state index contributed by atoms with van der Waals surface area (Å²) in [6, 6.07) is -0.792. The predicted octanol–water partition coefficient (Wildman–Crippen LogP) is -1.13. The molecule has 1 aliphatic heterocycles. The van der Waals surface area contributed by atoms with Crippen LogP contribution < -0.4 is 11.1 Å². The molecule has 5 heteroatoms. The van der Waals surface area contributed by atoms with Crippen molar-refractivity contribution >= 4 is 5.91 Å². The summed E-state index contributed by atoms with van der Waals surface area (Å²) in [5, 5.41) is 11.3. The van der Waals surface area contributed by atoms with Crippen molar-refractivity contribution < 1.29 is 9.90 Å². The standard InChI is InChI=1S/C9H19N3O2/c10-8(6-13)9(14)11-7-12-4-2-1-3-5-12/h8,13H,1-7,10H2,(H,11,14)/t8-/m0/s1. The molecule has 0 aromatic rings. The molecule has 0 aromatic heterocycles. The number of likely N-dealkylation sites (tertiary alicyclic amines) is 1. The van der Waals surface area contributed by atoms with Gasteiger partial charge in [0.15, 0.2) is 0 Å². The van der Waals surface area contributed by atoms with E-state index in [4.69, 9.17) is 10.8 Å². The summed E-state index contributed by atoms with van der Waals surface area (Å²) in [6.07, 6.45) is 3.67. The molecule has 5 nitrogen and oxygen atoms in total. The van der Waals surface area contributed by atoms with E-state index >= 15 is 0 Å². The molecule has 1 atom stereocenters. The van der Waals surface area contributed by atoms with Crippen molar-refractivity contribution in [1.29, 1.82) is 0 Å². The van der Waals surface area contributed by atoms with E-state index in [1.807, 2.05) is 0 Å². The number of hydrogen-bond donors (Lipinski definition) is 3. The van der Waals surface area contributed by atoms with Crippen LogP contribution in [0.5, 0.6) is 0 Å². The normalized spacial score (nSPS) is 20.4. The third-order valence-corrected chi connectivity index (χ3v) is 2.46. The van der Waals surface area contributed by atoms with Crippen LogP contribution in [0.25, 0.3) is 0 Å². The molecule has 1 saturated heterocycles. The average Bonchev–Trinajstić information content (AvgIpc) is 2.26. The fourth-order valence-corrected chi connectivity index (χ4v) is 1.52. The SMILES string of the molecule is N[C@@H](CO)C(=O)NCN1CCCCC1. The van der Waals surface area contributed by atoms with Gasteiger partial charge in [-0.25, -0.2) is 0 Å². The lowest BCUT2D eigenvalue weighted by molar-refractivity contribution is -0.123. The summed E-state index contributed by atoms with van der Waals surface area (Å²) < 4.78 is 0. The van der Waals surface area contributed by atoms with E-state index in [9.17, 15) is 4.79 Å². The molecule has 0 aromatic carbocycles. The summed E-state index contributed by atoms with van der Waals surface area (Å²) in [7, 11) is 0. The lowest BCUT2D eigenvalue weighted by Crippen LogP contribution is -2.48. The number of piperidine rings is 1. The van der Waals surface area contributed by atoms with E-state index in [0.29, 0.717) is 6.67 Å². The number of rotatable bonds is 4. The highest BCUT2D eigenvalue weighted by Crippen LogP contribution is 2.06. The zero-order valence-electron chi connectivity index (χ0n) is 8.41. The van der Waals surface area contributed by atoms with Crippen LogP contribution in [0.15, 0.2) is 0 Å². The smallest absolute Gasteiger partial charge is 0.240 e. The van der Waals surface area contributed by atoms with Crippen molar-refractivity contribution in [1.82, 2.24) is 10.2 Å². The molecule has 0 spiro atoms. The van der Waals surface area contributed by atoms with Crippen molar-refractivity contribution in [2.24, 2.45) is 5.73 Å². The molecule has 0 saturated carbocycles. The van der Waals surface area contributed by atoms with Gasteiger partial charge in [-0.1, -0.05) is 6.42 Å². The molecule has 1 fully saturated rings. The first-order valence-electron chi connectivity index (χ1n) is 5.10. The van der Waals surface area contributed by atoms with Crippen LogP contribution in [-0.2, 0) is 4.79 Å². The number of aliphatic hydroxyl groups excluding tert-OH is 1. The molecule has 1 heterocycles. The van der Waals surface area contributed by atoms with Gasteiger partial charge >= 0.3 is 0 Å². The van der Waals surface area contributed by atoms with Gasteiger partial charge in [-0.05, 0) is 25.9 Å². The number of carbonyl (C=O) groups is 1. The third-order valence-electron chi connectivity index (χ3n) is 2.46. The first-order valence-corrected chi connectivity index (χ1v) is 5.10. The van der Waals surface area contributed by atoms with Crippen LogP contribution in [0.3, 0.4) is 0 Å². The van der Waals surface area contributed by atoms with Gasteiger partial charge in [0.05, 0.1) is 13.3 Å². The molecule has 1 rings (SSSR count). The minimum absolute atomic E-state index is 0.280. The second kappa shape index (κ2) is 5.95. The van der Waals surface area contributed by atoms with E-state index in [0.717, 1.165) is 13.1 Å². The molecule has 1 amide bonds. The van der Waals surface area contributed by atoms with E-state index in [1.165, 1.54) is 19.3 Å². The number of amides is 1. The number of aliphatic hydroxyl groups is 1. The molecule has 0 aliphatic carbocycles. The van der Waals surface area contributed by atoms with Gasteiger partial charge in [0.1, 0.15) is 6.04 Å². The second-order valence-electron chi connectivity index (χ2n) is 3.67. The Morgan fingerprint density at radius 3 is 2.64 bits per heavy atom. The highest BCUT2D eigenvalue weighted by Gasteiger charge is 2.14. The second-order valence-corrected chi connectivity index (χ2v) is 3.67. The van der Waals surface area contributed by atoms with E-state index in [1.54, 1.807) is 0 Å². The molecule has 0 radical (unpaired) electrons. The minimum Gasteiger partial charge on any atom is -0.394 e. The van der Waals surface area contributed by atoms with Gasteiger partial charge in [-0.3, -0.25) is 9.69 Å². The molecule has 1 aliphatic rings. The van der Waals surface area contributed by atoms with E-state index in [2.05, 4.69) is 10.2 Å². The molecule has 14 heavy (non-hydrogen) atoms. The van der Waals surface area contributed by atoms with Gasteiger partial charge in [0, 0.05) is 0 Å². The Morgan fingerprint density at radius 2 is 2.07 bits per heavy atom. The van der Waals surface area contributed by atoms with Crippen LogP contribution in [0.1, 0.15) is 19.3 Å². The van der Waals surface area contributed by atoms with Crippen LogP contribution in [-0.4, -0.2) is 48.3 Å². The fourth-order valence-electron chi connectivity index (χ4n) is 1.52. The zero-order chi connectivity index (χ0) is 10.4. The Kier molecular flexibility index (Phi) is 4.86. The van der Waals surface area contributed by atoms with Crippen LogP contribution in [0.4, 0.5) is 0 Å². The van der Waals surface area contributed by atoms with Crippen LogP contribution in [0.2, 0.25) is 0 Å². The topological polar surface area (TPSA) is 78.6 Å². The van der Waals surface area contributed by atoms with Crippen molar-refractivity contribution in [2.45, 2.75) is 25.3 Å². The van der Waals surface area contributed by atoms with Gasteiger partial charge in [-0.15, -0.1) is 0 Å². The van der Waals surface area contributed by atoms with Gasteiger partial charge in [0.2, 0.25) is 5.91 Å². The molecular weight excluding hydrogens is 182 g/mol. The quantitative estimate of drug-likeness (QED) is 0.537.